The van der Waals surface area contributed by atoms with E-state index < -0.39 is 55.2 Å². The summed E-state index contributed by atoms with van der Waals surface area (Å²) in [4.78, 5) is 0. The molecule has 8 nitrogen and oxygen atoms in total. The largest absolute Gasteiger partial charge is 0.488 e. The minimum absolute atomic E-state index is 0. The van der Waals surface area contributed by atoms with Crippen molar-refractivity contribution in [2.45, 2.75) is 88.5 Å². The fourth-order valence-corrected chi connectivity index (χ4v) is 6.47. The minimum atomic E-state index is -1.66. The van der Waals surface area contributed by atoms with Gasteiger partial charge in [0.15, 0.2) is 17.8 Å². The van der Waals surface area contributed by atoms with Gasteiger partial charge in [-0.25, -0.2) is 8.78 Å². The summed E-state index contributed by atoms with van der Waals surface area (Å²) in [5.74, 6) is -0.140. The number of rotatable bonds is 11. The van der Waals surface area contributed by atoms with Crippen molar-refractivity contribution in [2.24, 2.45) is 5.92 Å². The Morgan fingerprint density at radius 2 is 1.22 bits per heavy atom. The van der Waals surface area contributed by atoms with Gasteiger partial charge in [0, 0.05) is 31.9 Å². The average molecular weight is 840 g/mol. The van der Waals surface area contributed by atoms with Gasteiger partial charge >= 0.3 is 0 Å². The first kappa shape index (κ1) is 45.1. The van der Waals surface area contributed by atoms with Gasteiger partial charge in [0.2, 0.25) is 0 Å². The van der Waals surface area contributed by atoms with Crippen molar-refractivity contribution >= 4 is 5.83 Å². The standard InChI is InChI=1S/C29H31FO3.C13H17FO5.CH3.Pd/c1-3-25-21(2)27(31-19-22-13-7-4-8-14-22)29(32-20-23-15-9-5-10-16-23)28(33-25)26(30)24-17-11-6-12-18-24;14-9(7-4-2-1-3-5-7)13-12(18)11(17)10(16)8(6-15)19-13;;/h4-18,21,25,27,29H,3,19-20H2,1-2H3;1-5,8-13,15-18H,6H2;1H3;/q;;-1;/t21-,25-,27+,29-;8-,9?,10-,11+,12-,13?;;/m11../s1. The van der Waals surface area contributed by atoms with Gasteiger partial charge in [-0.3, -0.25) is 0 Å². The minimum Gasteiger partial charge on any atom is -0.488 e. The van der Waals surface area contributed by atoms with Crippen LogP contribution in [0, 0.1) is 13.3 Å². The maximum atomic E-state index is 15.8. The van der Waals surface area contributed by atoms with E-state index in [2.05, 4.69) is 13.8 Å². The second kappa shape index (κ2) is 22.3. The summed E-state index contributed by atoms with van der Waals surface area (Å²) in [6.07, 6.45) is -9.10. The Bertz CT molecular complexity index is 1650. The molecule has 2 saturated heterocycles. The molecule has 2 aliphatic heterocycles. The van der Waals surface area contributed by atoms with Gasteiger partial charge in [0.1, 0.15) is 42.7 Å². The molecule has 4 N–H and O–H groups in total. The molecule has 10 atom stereocenters. The summed E-state index contributed by atoms with van der Waals surface area (Å²) in [5.41, 5.74) is 2.86. The number of halogens is 2. The monoisotopic (exact) mass is 839 g/mol. The zero-order chi connectivity index (χ0) is 37.0. The number of aliphatic hydroxyl groups is 4. The molecule has 0 aliphatic carbocycles. The Labute approximate surface area is 331 Å². The van der Waals surface area contributed by atoms with Gasteiger partial charge in [0.25, 0.3) is 0 Å². The van der Waals surface area contributed by atoms with Crippen molar-refractivity contribution in [3.8, 4) is 0 Å². The van der Waals surface area contributed by atoms with Gasteiger partial charge in [-0.1, -0.05) is 135 Å². The van der Waals surface area contributed by atoms with Crippen LogP contribution in [0.25, 0.3) is 5.83 Å². The summed E-state index contributed by atoms with van der Waals surface area (Å²) in [6.45, 7) is 4.36. The predicted octanol–water partition coefficient (Wildman–Crippen LogP) is 6.93. The van der Waals surface area contributed by atoms with E-state index >= 15 is 4.39 Å². The van der Waals surface area contributed by atoms with Gasteiger partial charge < -0.3 is 46.8 Å². The van der Waals surface area contributed by atoms with Crippen molar-refractivity contribution in [2.75, 3.05) is 6.61 Å². The Balaban J connectivity index is 0.000000320. The van der Waals surface area contributed by atoms with E-state index in [1.54, 1.807) is 30.3 Å². The molecule has 2 unspecified atom stereocenters. The van der Waals surface area contributed by atoms with Crippen LogP contribution in [0.2, 0.25) is 0 Å². The number of ether oxygens (including phenoxy) is 4. The molecule has 0 radical (unpaired) electrons. The first-order chi connectivity index (χ1) is 25.2. The van der Waals surface area contributed by atoms with Gasteiger partial charge in [0.05, 0.1) is 25.9 Å². The smallest absolute Gasteiger partial charge is 0.170 e. The maximum absolute atomic E-state index is 15.8. The topological polar surface area (TPSA) is 118 Å². The molecule has 0 spiro atoms. The van der Waals surface area contributed by atoms with Crippen molar-refractivity contribution in [3.05, 3.63) is 157 Å². The summed E-state index contributed by atoms with van der Waals surface area (Å²) < 4.78 is 54.3. The number of aliphatic hydroxyl groups excluding tert-OH is 4. The molecule has 6 rings (SSSR count). The van der Waals surface area contributed by atoms with Gasteiger partial charge in [-0.2, -0.15) is 0 Å². The first-order valence-corrected chi connectivity index (χ1v) is 17.7. The Kier molecular flexibility index (Phi) is 18.6. The van der Waals surface area contributed by atoms with Crippen LogP contribution in [0.3, 0.4) is 0 Å². The molecule has 0 aromatic heterocycles. The molecular weight excluding hydrogens is 789 g/mol. The number of benzene rings is 4. The molecule has 0 amide bonds. The quantitative estimate of drug-likeness (QED) is 0.0951. The Morgan fingerprint density at radius 3 is 1.74 bits per heavy atom. The molecule has 4 aromatic rings. The number of alkyl halides is 1. The fourth-order valence-electron chi connectivity index (χ4n) is 6.47. The molecule has 54 heavy (non-hydrogen) atoms. The van der Waals surface area contributed by atoms with Crippen molar-refractivity contribution < 1.29 is 68.6 Å². The maximum Gasteiger partial charge on any atom is 0.170 e. The van der Waals surface area contributed by atoms with E-state index in [1.165, 1.54) is 12.1 Å². The SMILES string of the molecule is CC[C@H]1OC(=C(F)c2ccccc2)[C@H](OCc2ccccc2)[C@@H](OCc2ccccc2)[C@@H]1C.OC[C@H]1OC(C(F)c2ccccc2)[C@H](O)[C@@H](O)[C@@H]1O.[CH3-].[Pd]. The number of hydrogen-bond donors (Lipinski definition) is 4. The molecule has 296 valence electrons. The van der Waals surface area contributed by atoms with Crippen molar-refractivity contribution in [3.63, 3.8) is 0 Å². The Hall–Kier alpha value is -3.34. The zero-order valence-corrected chi connectivity index (χ0v) is 32.2. The molecule has 11 heteroatoms. The summed E-state index contributed by atoms with van der Waals surface area (Å²) in [7, 11) is 0. The molecule has 4 aromatic carbocycles. The van der Waals surface area contributed by atoms with Crippen LogP contribution >= 0.6 is 0 Å². The third-order valence-corrected chi connectivity index (χ3v) is 9.48. The third-order valence-electron chi connectivity index (χ3n) is 9.48. The van der Waals surface area contributed by atoms with E-state index in [1.807, 2.05) is 78.9 Å². The van der Waals surface area contributed by atoms with Crippen LogP contribution in [0.4, 0.5) is 8.78 Å². The molecule has 2 fully saturated rings. The van der Waals surface area contributed by atoms with Crippen LogP contribution in [0.5, 0.6) is 0 Å². The summed E-state index contributed by atoms with van der Waals surface area (Å²) in [6, 6.07) is 37.0. The van der Waals surface area contributed by atoms with E-state index in [4.69, 9.17) is 24.1 Å². The van der Waals surface area contributed by atoms with E-state index in [0.717, 1.165) is 17.5 Å². The Morgan fingerprint density at radius 1 is 0.722 bits per heavy atom. The van der Waals surface area contributed by atoms with Crippen LogP contribution in [0.15, 0.2) is 127 Å². The molecule has 0 bridgehead atoms. The second-order valence-corrected chi connectivity index (χ2v) is 13.1. The fraction of sp³-hybridized carbons (Fsp3) is 0.372. The van der Waals surface area contributed by atoms with Crippen LogP contribution in [-0.2, 0) is 52.6 Å². The predicted molar refractivity (Wildman–Crippen MR) is 199 cm³/mol. The second-order valence-electron chi connectivity index (χ2n) is 13.1. The van der Waals surface area contributed by atoms with E-state index in [0.29, 0.717) is 24.3 Å². The average Bonchev–Trinajstić information content (AvgIpc) is 3.20. The van der Waals surface area contributed by atoms with Gasteiger partial charge in [-0.05, 0) is 23.1 Å². The zero-order valence-electron chi connectivity index (χ0n) is 30.6. The van der Waals surface area contributed by atoms with Gasteiger partial charge in [-0.15, -0.1) is 0 Å². The number of hydrogen-bond acceptors (Lipinski definition) is 8. The molecular formula is C43H51F2O8Pd-. The van der Waals surface area contributed by atoms with Crippen LogP contribution in [-0.4, -0.2) is 75.9 Å². The molecule has 0 saturated carbocycles. The van der Waals surface area contributed by atoms with Crippen LogP contribution in [0.1, 0.15) is 48.7 Å². The normalized spacial score (nSPS) is 27.8. The summed E-state index contributed by atoms with van der Waals surface area (Å²) in [5, 5.41) is 38.0. The van der Waals surface area contributed by atoms with Crippen molar-refractivity contribution in [1.82, 2.24) is 0 Å². The molecule has 2 aliphatic rings. The van der Waals surface area contributed by atoms with E-state index in [9.17, 15) is 19.7 Å². The van der Waals surface area contributed by atoms with Crippen LogP contribution < -0.4 is 0 Å². The first-order valence-electron chi connectivity index (χ1n) is 17.7. The summed E-state index contributed by atoms with van der Waals surface area (Å²) >= 11 is 0. The molecule has 2 heterocycles. The third kappa shape index (κ3) is 11.4. The van der Waals surface area contributed by atoms with Crippen molar-refractivity contribution in [1.29, 1.82) is 0 Å². The van der Waals surface area contributed by atoms with E-state index in [-0.39, 0.29) is 51.7 Å².